The second-order valence-electron chi connectivity index (χ2n) is 10.1. The molecule has 0 bridgehead atoms. The summed E-state index contributed by atoms with van der Waals surface area (Å²) in [5, 5.41) is 9.45. The maximum atomic E-state index is 14.9. The largest absolute Gasteiger partial charge is 0.465 e. The van der Waals surface area contributed by atoms with Crippen molar-refractivity contribution in [2.75, 3.05) is 36.0 Å². The van der Waals surface area contributed by atoms with E-state index in [2.05, 4.69) is 13.1 Å². The zero-order chi connectivity index (χ0) is 23.1. The van der Waals surface area contributed by atoms with Gasteiger partial charge < -0.3 is 14.7 Å². The summed E-state index contributed by atoms with van der Waals surface area (Å²) in [6.45, 7) is 11.0. The summed E-state index contributed by atoms with van der Waals surface area (Å²) in [5.41, 5.74) is -0.671. The summed E-state index contributed by atoms with van der Waals surface area (Å²) < 4.78 is 35.1. The Hall–Kier alpha value is -2.36. The molecule has 0 radical (unpaired) electrons. The molecule has 31 heavy (non-hydrogen) atoms. The minimum absolute atomic E-state index is 0.0143. The molecule has 1 aromatic carbocycles. The van der Waals surface area contributed by atoms with E-state index < -0.39 is 43.5 Å². The van der Waals surface area contributed by atoms with Gasteiger partial charge >= 0.3 is 12.2 Å². The van der Waals surface area contributed by atoms with E-state index in [0.717, 1.165) is 29.1 Å². The van der Waals surface area contributed by atoms with Crippen LogP contribution in [0.3, 0.4) is 0 Å². The minimum Gasteiger partial charge on any atom is -0.465 e. The maximum absolute atomic E-state index is 14.9. The molecule has 0 aliphatic carbocycles. The fraction of sp³-hybridized carbons (Fsp3) is 0.619. The molecule has 2 aliphatic heterocycles. The van der Waals surface area contributed by atoms with Gasteiger partial charge in [0.25, 0.3) is 0 Å². The van der Waals surface area contributed by atoms with Crippen molar-refractivity contribution in [2.24, 2.45) is 0 Å². The number of ether oxygens (including phenoxy) is 1. The van der Waals surface area contributed by atoms with E-state index in [1.54, 1.807) is 25.7 Å². The molecule has 172 valence electrons. The van der Waals surface area contributed by atoms with Crippen molar-refractivity contribution in [3.8, 4) is 0 Å². The van der Waals surface area contributed by atoms with Gasteiger partial charge in [0.1, 0.15) is 11.8 Å². The zero-order valence-electron chi connectivity index (χ0n) is 18.7. The van der Waals surface area contributed by atoms with Crippen LogP contribution in [0.25, 0.3) is 0 Å². The number of carbonyl (C=O) groups excluding carboxylic acids is 1. The summed E-state index contributed by atoms with van der Waals surface area (Å²) in [6, 6.07) is 4.25. The lowest BCUT2D eigenvalue weighted by Gasteiger charge is -2.37. The second kappa shape index (κ2) is 8.29. The Kier molecular flexibility index (Phi) is 6.23. The molecule has 2 saturated heterocycles. The number of amides is 2. The Morgan fingerprint density at radius 3 is 2.26 bits per heavy atom. The Morgan fingerprint density at radius 1 is 1.23 bits per heavy atom. The molecule has 0 saturated carbocycles. The van der Waals surface area contributed by atoms with E-state index in [-0.39, 0.29) is 24.5 Å². The van der Waals surface area contributed by atoms with Crippen molar-refractivity contribution in [1.82, 2.24) is 4.90 Å². The van der Waals surface area contributed by atoms with Crippen molar-refractivity contribution in [1.29, 1.82) is 0 Å². The number of cyclic esters (lactones) is 1. The predicted molar refractivity (Wildman–Crippen MR) is 118 cm³/mol. The Bertz CT molecular complexity index is 842. The lowest BCUT2D eigenvalue weighted by molar-refractivity contribution is 0.0605. The van der Waals surface area contributed by atoms with Crippen LogP contribution in [0.1, 0.15) is 20.8 Å². The van der Waals surface area contributed by atoms with E-state index in [9.17, 15) is 23.5 Å². The van der Waals surface area contributed by atoms with Crippen LogP contribution >= 0.6 is 0 Å². The fourth-order valence-corrected chi connectivity index (χ4v) is 6.02. The molecule has 2 fully saturated rings. The lowest BCUT2D eigenvalue weighted by atomic mass is 10.1. The van der Waals surface area contributed by atoms with Gasteiger partial charge in [-0.25, -0.2) is 18.4 Å². The first-order valence-corrected chi connectivity index (χ1v) is 13.9. The van der Waals surface area contributed by atoms with Crippen LogP contribution in [-0.4, -0.2) is 68.1 Å². The lowest BCUT2D eigenvalue weighted by Crippen LogP contribution is -2.49. The normalized spacial score (nSPS) is 21.3. The van der Waals surface area contributed by atoms with Gasteiger partial charge in [0.15, 0.2) is 11.6 Å². The number of hydrogen-bond donors (Lipinski definition) is 1. The Balaban J connectivity index is 1.76. The van der Waals surface area contributed by atoms with Gasteiger partial charge in [0, 0.05) is 30.8 Å². The van der Waals surface area contributed by atoms with Crippen molar-refractivity contribution < 1.29 is 28.2 Å². The number of rotatable bonds is 4. The first kappa shape index (κ1) is 23.3. The molecule has 1 aromatic rings. The van der Waals surface area contributed by atoms with E-state index in [1.807, 2.05) is 0 Å². The third-order valence-corrected chi connectivity index (χ3v) is 9.20. The van der Waals surface area contributed by atoms with Crippen LogP contribution in [0.4, 0.5) is 29.7 Å². The number of halogens is 2. The van der Waals surface area contributed by atoms with Gasteiger partial charge in [-0.2, -0.15) is 0 Å². The first-order valence-electron chi connectivity index (χ1n) is 10.5. The van der Waals surface area contributed by atoms with E-state index >= 15 is 0 Å². The van der Waals surface area contributed by atoms with Crippen LogP contribution < -0.4 is 9.80 Å². The summed E-state index contributed by atoms with van der Waals surface area (Å²) in [4.78, 5) is 28.0. The molecular weight excluding hydrogens is 424 g/mol. The number of nitrogens with zero attached hydrogens (tertiary/aromatic N) is 3. The molecule has 2 aliphatic rings. The highest BCUT2D eigenvalue weighted by atomic mass is 28.3. The fourth-order valence-electron chi connectivity index (χ4n) is 4.02. The van der Waals surface area contributed by atoms with Crippen LogP contribution in [0, 0.1) is 11.6 Å². The summed E-state index contributed by atoms with van der Waals surface area (Å²) in [7, 11) is -1.29. The van der Waals surface area contributed by atoms with Gasteiger partial charge in [-0.1, -0.05) is 13.1 Å². The SMILES string of the molecule is CC(C)(C)N(CC1CN(c2cc(F)c(N3CC[Si](C)(C)CC3)c(F)c2)C(=O)O1)C(=O)O. The van der Waals surface area contributed by atoms with Crippen LogP contribution in [-0.2, 0) is 4.74 Å². The summed E-state index contributed by atoms with van der Waals surface area (Å²) in [5.74, 6) is -1.43. The van der Waals surface area contributed by atoms with E-state index in [1.165, 1.54) is 4.90 Å². The molecular formula is C21H31F2N3O4Si. The van der Waals surface area contributed by atoms with Gasteiger partial charge in [-0.3, -0.25) is 9.80 Å². The molecule has 0 aromatic heterocycles. The Labute approximate surface area is 182 Å². The summed E-state index contributed by atoms with van der Waals surface area (Å²) in [6.07, 6.45) is -2.61. The highest BCUT2D eigenvalue weighted by Gasteiger charge is 2.38. The number of benzene rings is 1. The number of hydrogen-bond acceptors (Lipinski definition) is 4. The molecule has 1 unspecified atom stereocenters. The van der Waals surface area contributed by atoms with Crippen molar-refractivity contribution in [3.05, 3.63) is 23.8 Å². The maximum Gasteiger partial charge on any atom is 0.414 e. The molecule has 1 N–H and O–H groups in total. The quantitative estimate of drug-likeness (QED) is 0.672. The monoisotopic (exact) mass is 455 g/mol. The van der Waals surface area contributed by atoms with E-state index in [4.69, 9.17) is 4.74 Å². The standard InChI is InChI=1S/C21H31F2N3O4Si/c1-21(2,3)26(19(27)28)13-15-12-25(20(29)30-15)14-10-16(22)18(17(23)11-14)24-6-8-31(4,5)9-7-24/h10-11,15H,6-9,12-13H2,1-5H3,(H,27,28). The minimum atomic E-state index is -1.29. The van der Waals surface area contributed by atoms with Crippen molar-refractivity contribution in [2.45, 2.75) is 57.6 Å². The van der Waals surface area contributed by atoms with Gasteiger partial charge in [0.2, 0.25) is 0 Å². The van der Waals surface area contributed by atoms with Crippen LogP contribution in [0.5, 0.6) is 0 Å². The number of carbonyl (C=O) groups is 2. The molecule has 2 amide bonds. The topological polar surface area (TPSA) is 73.3 Å². The average Bonchev–Trinajstić information content (AvgIpc) is 2.99. The molecule has 7 nitrogen and oxygen atoms in total. The van der Waals surface area contributed by atoms with Gasteiger partial charge in [0.05, 0.1) is 26.9 Å². The smallest absolute Gasteiger partial charge is 0.414 e. The van der Waals surface area contributed by atoms with Crippen LogP contribution in [0.15, 0.2) is 12.1 Å². The molecule has 1 atom stereocenters. The zero-order valence-corrected chi connectivity index (χ0v) is 19.7. The summed E-state index contributed by atoms with van der Waals surface area (Å²) >= 11 is 0. The number of carboxylic acid groups (broad SMARTS) is 1. The number of anilines is 2. The average molecular weight is 456 g/mol. The third-order valence-electron chi connectivity index (χ3n) is 6.05. The second-order valence-corrected chi connectivity index (χ2v) is 15.4. The highest BCUT2D eigenvalue weighted by Crippen LogP contribution is 2.34. The molecule has 10 heteroatoms. The van der Waals surface area contributed by atoms with Gasteiger partial charge in [-0.05, 0) is 32.9 Å². The molecule has 3 rings (SSSR count). The molecule has 0 spiro atoms. The van der Waals surface area contributed by atoms with Crippen LogP contribution in [0.2, 0.25) is 25.2 Å². The van der Waals surface area contributed by atoms with Gasteiger partial charge in [-0.15, -0.1) is 0 Å². The first-order chi connectivity index (χ1) is 14.3. The third kappa shape index (κ3) is 5.11. The Morgan fingerprint density at radius 2 is 1.77 bits per heavy atom. The van der Waals surface area contributed by atoms with E-state index in [0.29, 0.717) is 13.1 Å². The van der Waals surface area contributed by atoms with Crippen molar-refractivity contribution >= 4 is 31.6 Å². The highest BCUT2D eigenvalue weighted by molar-refractivity contribution is 6.77. The van der Waals surface area contributed by atoms with Crippen molar-refractivity contribution in [3.63, 3.8) is 0 Å². The molecule has 2 heterocycles. The predicted octanol–water partition coefficient (Wildman–Crippen LogP) is 4.60.